The molecule has 2 aliphatic rings. The molecule has 19 heavy (non-hydrogen) atoms. The molecule has 0 aromatic carbocycles. The van der Waals surface area contributed by atoms with E-state index in [1.54, 1.807) is 23.2 Å². The average molecular weight is 283 g/mol. The third kappa shape index (κ3) is 2.47. The molecular formula is C13H15ClN2O3. The highest BCUT2D eigenvalue weighted by atomic mass is 35.5. The molecule has 0 aliphatic carbocycles. The fourth-order valence-corrected chi connectivity index (χ4v) is 3.31. The van der Waals surface area contributed by atoms with Gasteiger partial charge in [0.05, 0.1) is 0 Å². The Hall–Kier alpha value is -1.49. The first-order valence-electron chi connectivity index (χ1n) is 6.43. The zero-order chi connectivity index (χ0) is 13.4. The van der Waals surface area contributed by atoms with Gasteiger partial charge in [0.15, 0.2) is 0 Å². The minimum Gasteiger partial charge on any atom is -0.474 e. The van der Waals surface area contributed by atoms with E-state index in [1.165, 1.54) is 0 Å². The molecule has 5 nitrogen and oxygen atoms in total. The number of piperidine rings is 1. The maximum absolute atomic E-state index is 11.2. The van der Waals surface area contributed by atoms with Crippen LogP contribution < -0.4 is 4.74 Å². The lowest BCUT2D eigenvalue weighted by molar-refractivity contribution is 0.0477. The van der Waals surface area contributed by atoms with Crippen LogP contribution >= 0.6 is 11.6 Å². The van der Waals surface area contributed by atoms with Crippen LogP contribution in [-0.2, 0) is 0 Å². The molecule has 2 fully saturated rings. The Morgan fingerprint density at radius 2 is 2.11 bits per heavy atom. The van der Waals surface area contributed by atoms with E-state index in [2.05, 4.69) is 4.98 Å². The van der Waals surface area contributed by atoms with Crippen LogP contribution in [0.2, 0.25) is 5.02 Å². The highest BCUT2D eigenvalue weighted by Gasteiger charge is 2.44. The average Bonchev–Trinajstić information content (AvgIpc) is 2.62. The van der Waals surface area contributed by atoms with Crippen molar-refractivity contribution in [1.82, 2.24) is 9.88 Å². The molecule has 1 aromatic heterocycles. The lowest BCUT2D eigenvalue weighted by Gasteiger charge is -2.36. The molecule has 102 valence electrons. The molecule has 1 N–H and O–H groups in total. The second kappa shape index (κ2) is 4.89. The standard InChI is InChI=1S/C13H15ClN2O3/c14-8-3-4-15-12(5-8)19-11-6-9-1-2-10(7-11)16(9)13(17)18/h3-5,9-11H,1-2,6-7H2,(H,17,18). The Morgan fingerprint density at radius 1 is 1.42 bits per heavy atom. The Morgan fingerprint density at radius 3 is 2.68 bits per heavy atom. The number of halogens is 1. The second-order valence-corrected chi connectivity index (χ2v) is 5.53. The first-order chi connectivity index (χ1) is 9.13. The summed E-state index contributed by atoms with van der Waals surface area (Å²) in [5.74, 6) is 0.515. The maximum Gasteiger partial charge on any atom is 0.407 e. The molecule has 2 unspecified atom stereocenters. The van der Waals surface area contributed by atoms with Gasteiger partial charge in [-0.2, -0.15) is 0 Å². The quantitative estimate of drug-likeness (QED) is 0.906. The Labute approximate surface area is 116 Å². The van der Waals surface area contributed by atoms with E-state index < -0.39 is 6.09 Å². The molecule has 1 amide bonds. The van der Waals surface area contributed by atoms with Crippen molar-refractivity contribution in [2.45, 2.75) is 43.9 Å². The van der Waals surface area contributed by atoms with Crippen molar-refractivity contribution in [2.75, 3.05) is 0 Å². The number of amides is 1. The number of hydrogen-bond acceptors (Lipinski definition) is 3. The third-order valence-corrected chi connectivity index (χ3v) is 4.13. The minimum atomic E-state index is -0.813. The molecule has 3 rings (SSSR count). The van der Waals surface area contributed by atoms with Crippen LogP contribution in [0.5, 0.6) is 5.88 Å². The van der Waals surface area contributed by atoms with Crippen LogP contribution in [-0.4, -0.2) is 39.3 Å². The summed E-state index contributed by atoms with van der Waals surface area (Å²) in [7, 11) is 0. The summed E-state index contributed by atoms with van der Waals surface area (Å²) in [6.07, 6.45) is 4.15. The molecular weight excluding hydrogens is 268 g/mol. The van der Waals surface area contributed by atoms with Gasteiger partial charge in [-0.25, -0.2) is 9.78 Å². The number of nitrogens with zero attached hydrogens (tertiary/aromatic N) is 2. The number of aromatic nitrogens is 1. The summed E-state index contributed by atoms with van der Waals surface area (Å²) < 4.78 is 5.83. The molecule has 0 radical (unpaired) electrons. The van der Waals surface area contributed by atoms with Crippen molar-refractivity contribution in [3.63, 3.8) is 0 Å². The Kier molecular flexibility index (Phi) is 3.22. The topological polar surface area (TPSA) is 62.7 Å². The van der Waals surface area contributed by atoms with Gasteiger partial charge in [-0.15, -0.1) is 0 Å². The van der Waals surface area contributed by atoms with Crippen LogP contribution in [0.15, 0.2) is 18.3 Å². The smallest absolute Gasteiger partial charge is 0.407 e. The minimum absolute atomic E-state index is 0.0269. The molecule has 0 saturated carbocycles. The number of rotatable bonds is 2. The second-order valence-electron chi connectivity index (χ2n) is 5.10. The number of hydrogen-bond donors (Lipinski definition) is 1. The van der Waals surface area contributed by atoms with Gasteiger partial charge < -0.3 is 14.7 Å². The summed E-state index contributed by atoms with van der Waals surface area (Å²) >= 11 is 5.89. The first kappa shape index (κ1) is 12.5. The van der Waals surface area contributed by atoms with Gasteiger partial charge in [-0.05, 0) is 18.9 Å². The first-order valence-corrected chi connectivity index (χ1v) is 6.81. The summed E-state index contributed by atoms with van der Waals surface area (Å²) in [6.45, 7) is 0. The zero-order valence-electron chi connectivity index (χ0n) is 10.3. The van der Waals surface area contributed by atoms with Crippen molar-refractivity contribution in [3.8, 4) is 5.88 Å². The predicted octanol–water partition coefficient (Wildman–Crippen LogP) is 2.79. The van der Waals surface area contributed by atoms with Crippen molar-refractivity contribution in [3.05, 3.63) is 23.4 Å². The van der Waals surface area contributed by atoms with Crippen LogP contribution in [0.4, 0.5) is 4.79 Å². The molecule has 2 atom stereocenters. The fourth-order valence-electron chi connectivity index (χ4n) is 3.16. The van der Waals surface area contributed by atoms with E-state index in [0.717, 1.165) is 25.7 Å². The van der Waals surface area contributed by atoms with Gasteiger partial charge in [0.25, 0.3) is 0 Å². The number of carboxylic acid groups (broad SMARTS) is 1. The Balaban J connectivity index is 1.68. The molecule has 3 heterocycles. The SMILES string of the molecule is O=C(O)N1C2CCC1CC(Oc1cc(Cl)ccn1)C2. The van der Waals surface area contributed by atoms with E-state index >= 15 is 0 Å². The lowest BCUT2D eigenvalue weighted by atomic mass is 10.0. The molecule has 2 aliphatic heterocycles. The number of pyridine rings is 1. The highest BCUT2D eigenvalue weighted by Crippen LogP contribution is 2.37. The van der Waals surface area contributed by atoms with Gasteiger partial charge in [0.2, 0.25) is 5.88 Å². The van der Waals surface area contributed by atoms with E-state index in [-0.39, 0.29) is 18.2 Å². The fraction of sp³-hybridized carbons (Fsp3) is 0.538. The summed E-state index contributed by atoms with van der Waals surface area (Å²) in [5.41, 5.74) is 0. The van der Waals surface area contributed by atoms with Crippen molar-refractivity contribution in [1.29, 1.82) is 0 Å². The molecule has 2 bridgehead atoms. The highest BCUT2D eigenvalue weighted by molar-refractivity contribution is 6.30. The summed E-state index contributed by atoms with van der Waals surface area (Å²) in [6, 6.07) is 3.55. The third-order valence-electron chi connectivity index (χ3n) is 3.90. The van der Waals surface area contributed by atoms with Crippen molar-refractivity contribution < 1.29 is 14.6 Å². The van der Waals surface area contributed by atoms with Crippen LogP contribution in [0.3, 0.4) is 0 Å². The molecule has 6 heteroatoms. The van der Waals surface area contributed by atoms with Gasteiger partial charge >= 0.3 is 6.09 Å². The van der Waals surface area contributed by atoms with Gasteiger partial charge in [-0.1, -0.05) is 11.6 Å². The molecule has 2 saturated heterocycles. The van der Waals surface area contributed by atoms with Crippen molar-refractivity contribution in [2.24, 2.45) is 0 Å². The van der Waals surface area contributed by atoms with Crippen LogP contribution in [0.1, 0.15) is 25.7 Å². The normalized spacial score (nSPS) is 29.3. The van der Waals surface area contributed by atoms with Gasteiger partial charge in [0, 0.05) is 42.2 Å². The summed E-state index contributed by atoms with van der Waals surface area (Å²) in [5, 5.41) is 9.78. The van der Waals surface area contributed by atoms with E-state index in [1.807, 2.05) is 0 Å². The maximum atomic E-state index is 11.2. The largest absolute Gasteiger partial charge is 0.474 e. The monoisotopic (exact) mass is 282 g/mol. The van der Waals surface area contributed by atoms with Crippen LogP contribution in [0, 0.1) is 0 Å². The zero-order valence-corrected chi connectivity index (χ0v) is 11.1. The predicted molar refractivity (Wildman–Crippen MR) is 69.6 cm³/mol. The number of fused-ring (bicyclic) bond motifs is 2. The Bertz CT molecular complexity index is 483. The van der Waals surface area contributed by atoms with E-state index in [9.17, 15) is 9.90 Å². The van der Waals surface area contributed by atoms with E-state index in [4.69, 9.17) is 16.3 Å². The number of carbonyl (C=O) groups is 1. The lowest BCUT2D eigenvalue weighted by Crippen LogP contribution is -2.48. The molecule has 0 spiro atoms. The molecule has 1 aromatic rings. The number of ether oxygens (including phenoxy) is 1. The van der Waals surface area contributed by atoms with Crippen molar-refractivity contribution >= 4 is 17.7 Å². The van der Waals surface area contributed by atoms with Crippen LogP contribution in [0.25, 0.3) is 0 Å². The van der Waals surface area contributed by atoms with Gasteiger partial charge in [-0.3, -0.25) is 0 Å². The van der Waals surface area contributed by atoms with E-state index in [0.29, 0.717) is 10.9 Å². The summed E-state index contributed by atoms with van der Waals surface area (Å²) in [4.78, 5) is 16.9. The van der Waals surface area contributed by atoms with Gasteiger partial charge in [0.1, 0.15) is 6.10 Å².